The lowest BCUT2D eigenvalue weighted by molar-refractivity contribution is 0.340. The molecule has 0 amide bonds. The standard InChI is InChI=1S/C15H13FN2O/c1-2-19-11-8-6-10(7-9-11)15-17-13-5-3-4-12(16)14(13)18-15/h3-9H,2H2,1H3,(H,17,18). The van der Waals surface area contributed by atoms with Crippen molar-refractivity contribution in [2.24, 2.45) is 0 Å². The van der Waals surface area contributed by atoms with Crippen LogP contribution in [0.2, 0.25) is 0 Å². The molecule has 0 spiro atoms. The van der Waals surface area contributed by atoms with Gasteiger partial charge in [0.05, 0.1) is 12.1 Å². The Morgan fingerprint density at radius 2 is 1.95 bits per heavy atom. The Morgan fingerprint density at radius 1 is 1.16 bits per heavy atom. The summed E-state index contributed by atoms with van der Waals surface area (Å²) in [5.74, 6) is 1.16. The van der Waals surface area contributed by atoms with Crippen molar-refractivity contribution >= 4 is 11.0 Å². The van der Waals surface area contributed by atoms with Gasteiger partial charge in [0.2, 0.25) is 0 Å². The molecule has 0 radical (unpaired) electrons. The van der Waals surface area contributed by atoms with Crippen LogP contribution in [0.15, 0.2) is 42.5 Å². The number of hydrogen-bond acceptors (Lipinski definition) is 2. The summed E-state index contributed by atoms with van der Waals surface area (Å²) in [6.45, 7) is 2.57. The van der Waals surface area contributed by atoms with Crippen molar-refractivity contribution in [1.82, 2.24) is 9.97 Å². The van der Waals surface area contributed by atoms with Crippen molar-refractivity contribution in [3.8, 4) is 17.1 Å². The highest BCUT2D eigenvalue weighted by atomic mass is 19.1. The summed E-state index contributed by atoms with van der Waals surface area (Å²) in [6.07, 6.45) is 0. The van der Waals surface area contributed by atoms with Crippen LogP contribution in [0.3, 0.4) is 0 Å². The van der Waals surface area contributed by atoms with Gasteiger partial charge in [0.15, 0.2) is 5.82 Å². The van der Waals surface area contributed by atoms with Crippen LogP contribution >= 0.6 is 0 Å². The topological polar surface area (TPSA) is 37.9 Å². The third kappa shape index (κ3) is 2.17. The van der Waals surface area contributed by atoms with E-state index in [9.17, 15) is 4.39 Å². The molecule has 0 aliphatic carbocycles. The average molecular weight is 256 g/mol. The number of imidazole rings is 1. The van der Waals surface area contributed by atoms with Crippen LogP contribution in [-0.4, -0.2) is 16.6 Å². The van der Waals surface area contributed by atoms with Gasteiger partial charge in [-0.3, -0.25) is 0 Å². The summed E-state index contributed by atoms with van der Waals surface area (Å²) in [5.41, 5.74) is 1.97. The molecule has 1 heterocycles. The van der Waals surface area contributed by atoms with Crippen molar-refractivity contribution < 1.29 is 9.13 Å². The van der Waals surface area contributed by atoms with E-state index in [1.165, 1.54) is 6.07 Å². The molecule has 0 saturated heterocycles. The fourth-order valence-corrected chi connectivity index (χ4v) is 2.01. The minimum Gasteiger partial charge on any atom is -0.494 e. The maximum atomic E-state index is 13.6. The van der Waals surface area contributed by atoms with Gasteiger partial charge >= 0.3 is 0 Å². The zero-order chi connectivity index (χ0) is 13.2. The van der Waals surface area contributed by atoms with Gasteiger partial charge in [0.1, 0.15) is 17.1 Å². The molecule has 0 fully saturated rings. The van der Waals surface area contributed by atoms with E-state index in [0.717, 1.165) is 11.3 Å². The molecular formula is C15H13FN2O. The number of ether oxygens (including phenoxy) is 1. The first-order valence-electron chi connectivity index (χ1n) is 6.15. The van der Waals surface area contributed by atoms with Gasteiger partial charge in [0, 0.05) is 5.56 Å². The zero-order valence-electron chi connectivity index (χ0n) is 10.5. The molecule has 0 atom stereocenters. The number of halogens is 1. The highest BCUT2D eigenvalue weighted by Gasteiger charge is 2.08. The van der Waals surface area contributed by atoms with E-state index in [1.807, 2.05) is 37.3 Å². The largest absolute Gasteiger partial charge is 0.494 e. The molecule has 96 valence electrons. The summed E-state index contributed by atoms with van der Waals surface area (Å²) in [6, 6.07) is 12.4. The molecule has 0 aliphatic rings. The fraction of sp³-hybridized carbons (Fsp3) is 0.133. The predicted octanol–water partition coefficient (Wildman–Crippen LogP) is 3.77. The number of benzene rings is 2. The van der Waals surface area contributed by atoms with Gasteiger partial charge in [-0.25, -0.2) is 9.37 Å². The van der Waals surface area contributed by atoms with E-state index in [-0.39, 0.29) is 5.82 Å². The quantitative estimate of drug-likeness (QED) is 0.774. The summed E-state index contributed by atoms with van der Waals surface area (Å²) in [5, 5.41) is 0. The Hall–Kier alpha value is -2.36. The first kappa shape index (κ1) is 11.7. The second-order valence-electron chi connectivity index (χ2n) is 4.18. The lowest BCUT2D eigenvalue weighted by Crippen LogP contribution is -1.90. The van der Waals surface area contributed by atoms with Crippen LogP contribution < -0.4 is 4.74 Å². The van der Waals surface area contributed by atoms with E-state index in [1.54, 1.807) is 6.07 Å². The fourth-order valence-electron chi connectivity index (χ4n) is 2.01. The lowest BCUT2D eigenvalue weighted by atomic mass is 10.2. The predicted molar refractivity (Wildman–Crippen MR) is 72.7 cm³/mol. The zero-order valence-corrected chi connectivity index (χ0v) is 10.5. The molecule has 3 aromatic rings. The molecule has 0 unspecified atom stereocenters. The Labute approximate surface area is 110 Å². The third-order valence-corrected chi connectivity index (χ3v) is 2.90. The monoisotopic (exact) mass is 256 g/mol. The number of rotatable bonds is 3. The summed E-state index contributed by atoms with van der Waals surface area (Å²) in [7, 11) is 0. The molecule has 3 rings (SSSR count). The SMILES string of the molecule is CCOc1ccc(-c2nc3c(F)cccc3[nH]2)cc1. The van der Waals surface area contributed by atoms with Crippen LogP contribution in [0.1, 0.15) is 6.92 Å². The van der Waals surface area contributed by atoms with Crippen LogP contribution in [-0.2, 0) is 0 Å². The highest BCUT2D eigenvalue weighted by molar-refractivity contribution is 5.79. The van der Waals surface area contributed by atoms with Crippen molar-refractivity contribution in [2.45, 2.75) is 6.92 Å². The number of para-hydroxylation sites is 1. The molecule has 1 aromatic heterocycles. The van der Waals surface area contributed by atoms with E-state index >= 15 is 0 Å². The number of hydrogen-bond donors (Lipinski definition) is 1. The van der Waals surface area contributed by atoms with Crippen molar-refractivity contribution in [1.29, 1.82) is 0 Å². The summed E-state index contributed by atoms with van der Waals surface area (Å²) >= 11 is 0. The highest BCUT2D eigenvalue weighted by Crippen LogP contribution is 2.23. The van der Waals surface area contributed by atoms with Crippen molar-refractivity contribution in [3.63, 3.8) is 0 Å². The Morgan fingerprint density at radius 3 is 2.63 bits per heavy atom. The van der Waals surface area contributed by atoms with Gasteiger partial charge in [-0.2, -0.15) is 0 Å². The first-order chi connectivity index (χ1) is 9.28. The third-order valence-electron chi connectivity index (χ3n) is 2.90. The molecule has 0 aliphatic heterocycles. The normalized spacial score (nSPS) is 10.8. The summed E-state index contributed by atoms with van der Waals surface area (Å²) in [4.78, 5) is 7.40. The maximum absolute atomic E-state index is 13.6. The van der Waals surface area contributed by atoms with E-state index in [0.29, 0.717) is 23.5 Å². The van der Waals surface area contributed by atoms with Gasteiger partial charge in [-0.15, -0.1) is 0 Å². The van der Waals surface area contributed by atoms with Crippen LogP contribution in [0, 0.1) is 5.82 Å². The molecule has 0 saturated carbocycles. The first-order valence-corrected chi connectivity index (χ1v) is 6.15. The maximum Gasteiger partial charge on any atom is 0.151 e. The van der Waals surface area contributed by atoms with Gasteiger partial charge in [-0.05, 0) is 43.3 Å². The molecule has 1 N–H and O–H groups in total. The van der Waals surface area contributed by atoms with Gasteiger partial charge < -0.3 is 9.72 Å². The second kappa shape index (κ2) is 4.72. The van der Waals surface area contributed by atoms with Crippen LogP contribution in [0.4, 0.5) is 4.39 Å². The molecule has 0 bridgehead atoms. The van der Waals surface area contributed by atoms with E-state index in [2.05, 4.69) is 9.97 Å². The minimum atomic E-state index is -0.314. The molecule has 3 nitrogen and oxygen atoms in total. The smallest absolute Gasteiger partial charge is 0.151 e. The number of nitrogens with zero attached hydrogens (tertiary/aromatic N) is 1. The van der Waals surface area contributed by atoms with Crippen LogP contribution in [0.5, 0.6) is 5.75 Å². The van der Waals surface area contributed by atoms with Crippen LogP contribution in [0.25, 0.3) is 22.4 Å². The minimum absolute atomic E-state index is 0.314. The van der Waals surface area contributed by atoms with E-state index in [4.69, 9.17) is 4.74 Å². The number of nitrogens with one attached hydrogen (secondary N) is 1. The van der Waals surface area contributed by atoms with E-state index < -0.39 is 0 Å². The molecule has 4 heteroatoms. The Bertz CT molecular complexity index is 704. The average Bonchev–Trinajstić information content (AvgIpc) is 2.85. The number of fused-ring (bicyclic) bond motifs is 1. The number of aromatic nitrogens is 2. The lowest BCUT2D eigenvalue weighted by Gasteiger charge is -2.02. The van der Waals surface area contributed by atoms with Crippen molar-refractivity contribution in [3.05, 3.63) is 48.3 Å². The Balaban J connectivity index is 2.01. The Kier molecular flexibility index (Phi) is 2.91. The second-order valence-corrected chi connectivity index (χ2v) is 4.18. The molecule has 2 aromatic carbocycles. The summed E-state index contributed by atoms with van der Waals surface area (Å²) < 4.78 is 19.0. The van der Waals surface area contributed by atoms with Gasteiger partial charge in [0.25, 0.3) is 0 Å². The van der Waals surface area contributed by atoms with Gasteiger partial charge in [-0.1, -0.05) is 6.07 Å². The number of H-pyrrole nitrogens is 1. The van der Waals surface area contributed by atoms with Crippen molar-refractivity contribution in [2.75, 3.05) is 6.61 Å². The molecular weight excluding hydrogens is 243 g/mol. The number of aromatic amines is 1. The molecule has 19 heavy (non-hydrogen) atoms.